The van der Waals surface area contributed by atoms with Gasteiger partial charge in [-0.3, -0.25) is 10.00 Å². The highest BCUT2D eigenvalue weighted by Crippen LogP contribution is 2.41. The molecule has 1 aliphatic rings. The van der Waals surface area contributed by atoms with E-state index in [0.717, 1.165) is 43.3 Å². The molecule has 1 aliphatic heterocycles. The summed E-state index contributed by atoms with van der Waals surface area (Å²) in [5.74, 6) is 0.817. The minimum atomic E-state index is -0.594. The van der Waals surface area contributed by atoms with E-state index in [4.69, 9.17) is 14.2 Å². The number of hydrogen-bond donors (Lipinski definition) is 1. The Kier molecular flexibility index (Phi) is 6.60. The first-order chi connectivity index (χ1) is 15.5. The fourth-order valence-corrected chi connectivity index (χ4v) is 4.49. The second kappa shape index (κ2) is 9.56. The third kappa shape index (κ3) is 4.27. The van der Waals surface area contributed by atoms with Gasteiger partial charge in [0.25, 0.3) is 0 Å². The van der Waals surface area contributed by atoms with Gasteiger partial charge in [0.05, 0.1) is 27.5 Å². The van der Waals surface area contributed by atoms with Crippen LogP contribution >= 0.6 is 0 Å². The predicted octanol–water partition coefficient (Wildman–Crippen LogP) is 4.76. The lowest BCUT2D eigenvalue weighted by molar-refractivity contribution is 0.195. The fraction of sp³-hybridized carbons (Fsp3) is 0.375. The minimum Gasteiger partial charge on any atom is -0.493 e. The number of benzene rings is 2. The molecule has 1 fully saturated rings. The molecular weight excluding hydrogens is 416 g/mol. The zero-order chi connectivity index (χ0) is 22.7. The van der Waals surface area contributed by atoms with Crippen LogP contribution in [0.25, 0.3) is 11.1 Å². The van der Waals surface area contributed by atoms with Gasteiger partial charge in [0.15, 0.2) is 11.5 Å². The van der Waals surface area contributed by atoms with Crippen molar-refractivity contribution in [1.29, 1.82) is 0 Å². The van der Waals surface area contributed by atoms with Crippen LogP contribution < -0.4 is 14.2 Å². The Bertz CT molecular complexity index is 1090. The number of hydrogen-bond acceptors (Lipinski definition) is 5. The summed E-state index contributed by atoms with van der Waals surface area (Å²) in [6, 6.07) is 7.50. The average Bonchev–Trinajstić information content (AvgIpc) is 3.28. The van der Waals surface area contributed by atoms with Crippen molar-refractivity contribution in [2.45, 2.75) is 25.3 Å². The third-order valence-electron chi connectivity index (χ3n) is 5.98. The molecule has 0 bridgehead atoms. The number of nitrogens with zero attached hydrogens (tertiary/aromatic N) is 2. The first-order valence-corrected chi connectivity index (χ1v) is 10.5. The van der Waals surface area contributed by atoms with Crippen LogP contribution in [0.3, 0.4) is 0 Å². The number of nitrogens with one attached hydrogen (secondary N) is 1. The van der Waals surface area contributed by atoms with Crippen LogP contribution in [-0.2, 0) is 6.54 Å². The second-order valence-electron chi connectivity index (χ2n) is 7.89. The van der Waals surface area contributed by atoms with Crippen molar-refractivity contribution < 1.29 is 23.0 Å². The summed E-state index contributed by atoms with van der Waals surface area (Å²) < 4.78 is 44.3. The molecule has 0 saturated carbocycles. The van der Waals surface area contributed by atoms with E-state index in [1.165, 1.54) is 12.1 Å². The maximum absolute atomic E-state index is 14.4. The summed E-state index contributed by atoms with van der Waals surface area (Å²) in [6.45, 7) is 2.38. The molecule has 1 saturated heterocycles. The smallest absolute Gasteiger partial charge is 0.203 e. The lowest BCUT2D eigenvalue weighted by atomic mass is 9.90. The summed E-state index contributed by atoms with van der Waals surface area (Å²) in [5.41, 5.74) is 2.91. The molecule has 2 heterocycles. The molecule has 0 aliphatic carbocycles. The van der Waals surface area contributed by atoms with E-state index in [0.29, 0.717) is 34.9 Å². The number of methoxy groups -OCH3 is 3. The third-order valence-corrected chi connectivity index (χ3v) is 5.98. The topological polar surface area (TPSA) is 59.6 Å². The van der Waals surface area contributed by atoms with Gasteiger partial charge in [-0.25, -0.2) is 8.78 Å². The van der Waals surface area contributed by atoms with Gasteiger partial charge in [0, 0.05) is 47.5 Å². The van der Waals surface area contributed by atoms with Crippen molar-refractivity contribution in [1.82, 2.24) is 15.1 Å². The number of aromatic amines is 1. The Morgan fingerprint density at radius 1 is 1.03 bits per heavy atom. The Morgan fingerprint density at radius 3 is 2.56 bits per heavy atom. The SMILES string of the molecule is COc1ccc(CN2CCC[C@@H](c3[nH]ncc3-c3ccc(F)cc3F)C2)c(OC)c1OC. The zero-order valence-electron chi connectivity index (χ0n) is 18.5. The monoisotopic (exact) mass is 443 g/mol. The van der Waals surface area contributed by atoms with Crippen LogP contribution in [0.4, 0.5) is 8.78 Å². The summed E-state index contributed by atoms with van der Waals surface area (Å²) in [7, 11) is 4.81. The first kappa shape index (κ1) is 22.1. The summed E-state index contributed by atoms with van der Waals surface area (Å²) in [4.78, 5) is 2.34. The molecule has 1 aromatic heterocycles. The number of piperidine rings is 1. The Hall–Kier alpha value is -3.13. The van der Waals surface area contributed by atoms with E-state index < -0.39 is 11.6 Å². The molecule has 3 aromatic rings. The molecule has 0 spiro atoms. The van der Waals surface area contributed by atoms with Gasteiger partial charge >= 0.3 is 0 Å². The van der Waals surface area contributed by atoms with Gasteiger partial charge in [-0.05, 0) is 37.6 Å². The van der Waals surface area contributed by atoms with Gasteiger partial charge in [-0.15, -0.1) is 0 Å². The number of rotatable bonds is 7. The zero-order valence-corrected chi connectivity index (χ0v) is 18.5. The molecule has 1 N–H and O–H groups in total. The standard InChI is InChI=1S/C24H27F2N3O3/c1-30-21-9-6-16(23(31-2)24(21)32-3)14-29-10-4-5-15(13-29)22-19(12-27-28-22)18-8-7-17(25)11-20(18)26/h6-9,11-12,15H,4-5,10,13-14H2,1-3H3,(H,27,28)/t15-/m1/s1. The van der Waals surface area contributed by atoms with Crippen molar-refractivity contribution in [3.05, 3.63) is 59.4 Å². The molecule has 1 atom stereocenters. The maximum Gasteiger partial charge on any atom is 0.203 e. The van der Waals surface area contributed by atoms with Crippen LogP contribution in [0, 0.1) is 11.6 Å². The first-order valence-electron chi connectivity index (χ1n) is 10.5. The van der Waals surface area contributed by atoms with Crippen molar-refractivity contribution >= 4 is 0 Å². The van der Waals surface area contributed by atoms with Crippen molar-refractivity contribution in [2.24, 2.45) is 0 Å². The van der Waals surface area contributed by atoms with E-state index in [1.807, 2.05) is 12.1 Å². The van der Waals surface area contributed by atoms with Gasteiger partial charge in [-0.1, -0.05) is 6.07 Å². The second-order valence-corrected chi connectivity index (χ2v) is 7.89. The number of H-pyrrole nitrogens is 1. The van der Waals surface area contributed by atoms with Crippen LogP contribution in [0.15, 0.2) is 36.5 Å². The van der Waals surface area contributed by atoms with E-state index >= 15 is 0 Å². The molecule has 32 heavy (non-hydrogen) atoms. The summed E-state index contributed by atoms with van der Waals surface area (Å²) in [5, 5.41) is 7.22. The predicted molar refractivity (Wildman–Crippen MR) is 117 cm³/mol. The quantitative estimate of drug-likeness (QED) is 0.571. The normalized spacial score (nSPS) is 16.7. The molecule has 8 heteroatoms. The molecular formula is C24H27F2N3O3. The number of ether oxygens (including phenoxy) is 3. The lowest BCUT2D eigenvalue weighted by Gasteiger charge is -2.33. The number of likely N-dealkylation sites (tertiary alicyclic amines) is 1. The molecule has 6 nitrogen and oxygen atoms in total. The lowest BCUT2D eigenvalue weighted by Crippen LogP contribution is -2.34. The highest BCUT2D eigenvalue weighted by Gasteiger charge is 2.27. The Morgan fingerprint density at radius 2 is 1.84 bits per heavy atom. The minimum absolute atomic E-state index is 0.150. The van der Waals surface area contributed by atoms with E-state index in [1.54, 1.807) is 27.5 Å². The van der Waals surface area contributed by atoms with Crippen LogP contribution in [0.5, 0.6) is 17.2 Å². The number of aromatic nitrogens is 2. The fourth-order valence-electron chi connectivity index (χ4n) is 4.49. The Balaban J connectivity index is 1.57. The molecule has 2 aromatic carbocycles. The van der Waals surface area contributed by atoms with Crippen molar-refractivity contribution in [3.63, 3.8) is 0 Å². The molecule has 170 valence electrons. The molecule has 0 unspecified atom stereocenters. The van der Waals surface area contributed by atoms with Crippen molar-refractivity contribution in [3.8, 4) is 28.4 Å². The van der Waals surface area contributed by atoms with Gasteiger partial charge in [0.2, 0.25) is 5.75 Å². The van der Waals surface area contributed by atoms with Gasteiger partial charge in [-0.2, -0.15) is 5.10 Å². The summed E-state index contributed by atoms with van der Waals surface area (Å²) in [6.07, 6.45) is 3.56. The number of halogens is 2. The van der Waals surface area contributed by atoms with Crippen LogP contribution in [0.2, 0.25) is 0 Å². The van der Waals surface area contributed by atoms with Crippen LogP contribution in [0.1, 0.15) is 30.0 Å². The average molecular weight is 443 g/mol. The van der Waals surface area contributed by atoms with E-state index in [-0.39, 0.29) is 5.92 Å². The molecule has 0 radical (unpaired) electrons. The van der Waals surface area contributed by atoms with E-state index in [2.05, 4.69) is 15.1 Å². The molecule has 0 amide bonds. The van der Waals surface area contributed by atoms with Crippen LogP contribution in [-0.4, -0.2) is 49.5 Å². The van der Waals surface area contributed by atoms with Gasteiger partial charge < -0.3 is 14.2 Å². The summed E-state index contributed by atoms with van der Waals surface area (Å²) >= 11 is 0. The maximum atomic E-state index is 14.4. The highest BCUT2D eigenvalue weighted by atomic mass is 19.1. The van der Waals surface area contributed by atoms with Crippen molar-refractivity contribution in [2.75, 3.05) is 34.4 Å². The largest absolute Gasteiger partial charge is 0.493 e. The molecule has 4 rings (SSSR count). The Labute approximate surface area is 186 Å². The highest BCUT2D eigenvalue weighted by molar-refractivity contribution is 5.66. The van der Waals surface area contributed by atoms with E-state index in [9.17, 15) is 8.78 Å². The van der Waals surface area contributed by atoms with Gasteiger partial charge in [0.1, 0.15) is 11.6 Å².